The summed E-state index contributed by atoms with van der Waals surface area (Å²) in [6.07, 6.45) is 0. The Kier molecular flexibility index (Phi) is 3.35. The first-order valence-corrected chi connectivity index (χ1v) is 6.58. The number of ether oxygens (including phenoxy) is 1. The zero-order valence-corrected chi connectivity index (χ0v) is 11.6. The number of fused-ring (bicyclic) bond motifs is 1. The summed E-state index contributed by atoms with van der Waals surface area (Å²) in [5.74, 6) is 0.716. The van der Waals surface area contributed by atoms with E-state index in [4.69, 9.17) is 22.1 Å². The normalized spacial score (nSPS) is 10.3. The lowest BCUT2D eigenvalue weighted by Crippen LogP contribution is -1.95. The molecule has 1 heterocycles. The molecule has 0 aliphatic heterocycles. The third-order valence-electron chi connectivity index (χ3n) is 3.00. The second-order valence-electron chi connectivity index (χ2n) is 4.42. The van der Waals surface area contributed by atoms with Gasteiger partial charge in [-0.05, 0) is 18.2 Å². The van der Waals surface area contributed by atoms with E-state index in [1.807, 2.05) is 24.3 Å². The summed E-state index contributed by atoms with van der Waals surface area (Å²) in [6, 6.07) is 16.1. The van der Waals surface area contributed by atoms with Crippen LogP contribution in [0.5, 0.6) is 11.6 Å². The number of rotatable bonds is 2. The number of pyridine rings is 1. The lowest BCUT2D eigenvalue weighted by molar-refractivity contribution is 0.467. The van der Waals surface area contributed by atoms with Gasteiger partial charge in [0, 0.05) is 22.5 Å². The van der Waals surface area contributed by atoms with Crippen LogP contribution in [-0.4, -0.2) is 4.98 Å². The molecule has 0 saturated carbocycles. The molecule has 0 radical (unpaired) electrons. The number of nitrogens with zero attached hydrogens (tertiary/aromatic N) is 2. The molecule has 21 heavy (non-hydrogen) atoms. The number of nitrogens with two attached hydrogens (primary N) is 1. The molecule has 3 aromatic rings. The number of anilines is 1. The number of nitrogen functional groups attached to an aromatic ring is 1. The SMILES string of the molecule is N#Cc1cc(Oc2cc(Cl)ccc2N)nc2ccccc12. The van der Waals surface area contributed by atoms with Crippen LogP contribution in [0.25, 0.3) is 10.9 Å². The van der Waals surface area contributed by atoms with Gasteiger partial charge in [-0.3, -0.25) is 0 Å². The Bertz CT molecular complexity index is 871. The number of aromatic nitrogens is 1. The van der Waals surface area contributed by atoms with Crippen LogP contribution in [0, 0.1) is 11.3 Å². The maximum absolute atomic E-state index is 9.25. The third-order valence-corrected chi connectivity index (χ3v) is 3.24. The summed E-state index contributed by atoms with van der Waals surface area (Å²) >= 11 is 5.93. The van der Waals surface area contributed by atoms with E-state index in [-0.39, 0.29) is 0 Å². The van der Waals surface area contributed by atoms with E-state index in [0.717, 1.165) is 5.39 Å². The summed E-state index contributed by atoms with van der Waals surface area (Å²) < 4.78 is 5.67. The summed E-state index contributed by atoms with van der Waals surface area (Å²) in [5, 5.41) is 10.5. The predicted octanol–water partition coefficient (Wildman–Crippen LogP) is 4.13. The van der Waals surface area contributed by atoms with Gasteiger partial charge in [0.15, 0.2) is 5.75 Å². The molecular weight excluding hydrogens is 286 g/mol. The summed E-state index contributed by atoms with van der Waals surface area (Å²) in [5.41, 5.74) is 7.48. The summed E-state index contributed by atoms with van der Waals surface area (Å²) in [6.45, 7) is 0. The fourth-order valence-corrected chi connectivity index (χ4v) is 2.17. The molecule has 0 amide bonds. The van der Waals surface area contributed by atoms with Gasteiger partial charge in [-0.15, -0.1) is 0 Å². The van der Waals surface area contributed by atoms with E-state index in [0.29, 0.717) is 33.4 Å². The fourth-order valence-electron chi connectivity index (χ4n) is 2.01. The highest BCUT2D eigenvalue weighted by Gasteiger charge is 2.09. The maximum Gasteiger partial charge on any atom is 0.221 e. The molecular formula is C16H10ClN3O. The van der Waals surface area contributed by atoms with Crippen molar-refractivity contribution in [2.75, 3.05) is 5.73 Å². The number of hydrogen-bond acceptors (Lipinski definition) is 4. The topological polar surface area (TPSA) is 71.9 Å². The first-order valence-electron chi connectivity index (χ1n) is 6.20. The Morgan fingerprint density at radius 2 is 1.95 bits per heavy atom. The zero-order chi connectivity index (χ0) is 14.8. The van der Waals surface area contributed by atoms with E-state index >= 15 is 0 Å². The van der Waals surface area contributed by atoms with Crippen LogP contribution in [0.2, 0.25) is 5.02 Å². The Morgan fingerprint density at radius 3 is 2.76 bits per heavy atom. The number of benzene rings is 2. The smallest absolute Gasteiger partial charge is 0.221 e. The first kappa shape index (κ1) is 13.2. The van der Waals surface area contributed by atoms with Crippen LogP contribution in [0.4, 0.5) is 5.69 Å². The highest BCUT2D eigenvalue weighted by molar-refractivity contribution is 6.30. The second kappa shape index (κ2) is 5.31. The van der Waals surface area contributed by atoms with Gasteiger partial charge in [-0.2, -0.15) is 5.26 Å². The maximum atomic E-state index is 9.25. The quantitative estimate of drug-likeness (QED) is 0.721. The standard InChI is InChI=1S/C16H10ClN3O/c17-11-5-6-13(19)15(8-11)21-16-7-10(9-18)12-3-1-2-4-14(12)20-16/h1-8H,19H2. The molecule has 3 rings (SSSR count). The van der Waals surface area contributed by atoms with Gasteiger partial charge in [0.05, 0.1) is 16.8 Å². The molecule has 0 spiro atoms. The van der Waals surface area contributed by atoms with Gasteiger partial charge in [-0.1, -0.05) is 29.8 Å². The molecule has 0 saturated heterocycles. The predicted molar refractivity (Wildman–Crippen MR) is 82.4 cm³/mol. The van der Waals surface area contributed by atoms with Crippen molar-refractivity contribution in [1.82, 2.24) is 4.98 Å². The molecule has 0 aliphatic carbocycles. The minimum atomic E-state index is 0.305. The molecule has 4 nitrogen and oxygen atoms in total. The van der Waals surface area contributed by atoms with Crippen LogP contribution in [0.15, 0.2) is 48.5 Å². The molecule has 2 N–H and O–H groups in total. The van der Waals surface area contributed by atoms with Crippen LogP contribution < -0.4 is 10.5 Å². The molecule has 102 valence electrons. The Hall–Kier alpha value is -2.77. The van der Waals surface area contributed by atoms with E-state index in [1.54, 1.807) is 24.3 Å². The molecule has 0 unspecified atom stereocenters. The average molecular weight is 296 g/mol. The molecule has 0 bridgehead atoms. The van der Waals surface area contributed by atoms with E-state index in [2.05, 4.69) is 11.1 Å². The lowest BCUT2D eigenvalue weighted by Gasteiger charge is -2.09. The highest BCUT2D eigenvalue weighted by Crippen LogP contribution is 2.31. The average Bonchev–Trinajstić information content (AvgIpc) is 2.50. The van der Waals surface area contributed by atoms with E-state index in [9.17, 15) is 5.26 Å². The largest absolute Gasteiger partial charge is 0.437 e. The Labute approximate surface area is 126 Å². The van der Waals surface area contributed by atoms with Crippen LogP contribution in [0.1, 0.15) is 5.56 Å². The lowest BCUT2D eigenvalue weighted by atomic mass is 10.1. The molecule has 0 fully saturated rings. The van der Waals surface area contributed by atoms with Gasteiger partial charge in [0.2, 0.25) is 5.88 Å². The zero-order valence-electron chi connectivity index (χ0n) is 10.9. The van der Waals surface area contributed by atoms with Crippen molar-refractivity contribution in [3.8, 4) is 17.7 Å². The van der Waals surface area contributed by atoms with Gasteiger partial charge in [0.25, 0.3) is 0 Å². The van der Waals surface area contributed by atoms with Crippen molar-refractivity contribution in [2.24, 2.45) is 0 Å². The minimum Gasteiger partial charge on any atom is -0.437 e. The van der Waals surface area contributed by atoms with Crippen molar-refractivity contribution in [3.63, 3.8) is 0 Å². The summed E-state index contributed by atoms with van der Waals surface area (Å²) in [7, 11) is 0. The molecule has 1 aromatic heterocycles. The van der Waals surface area contributed by atoms with Gasteiger partial charge in [-0.25, -0.2) is 4.98 Å². The number of nitriles is 1. The Balaban J connectivity index is 2.09. The highest BCUT2D eigenvalue weighted by atomic mass is 35.5. The number of halogens is 1. The van der Waals surface area contributed by atoms with Crippen molar-refractivity contribution in [3.05, 3.63) is 59.1 Å². The Morgan fingerprint density at radius 1 is 1.14 bits per heavy atom. The van der Waals surface area contributed by atoms with E-state index < -0.39 is 0 Å². The number of hydrogen-bond donors (Lipinski definition) is 1. The summed E-state index contributed by atoms with van der Waals surface area (Å²) in [4.78, 5) is 4.38. The molecule has 0 atom stereocenters. The van der Waals surface area contributed by atoms with E-state index in [1.165, 1.54) is 0 Å². The van der Waals surface area contributed by atoms with Gasteiger partial charge < -0.3 is 10.5 Å². The van der Waals surface area contributed by atoms with Gasteiger partial charge >= 0.3 is 0 Å². The first-order chi connectivity index (χ1) is 10.2. The molecule has 5 heteroatoms. The van der Waals surface area contributed by atoms with Crippen molar-refractivity contribution < 1.29 is 4.74 Å². The monoisotopic (exact) mass is 295 g/mol. The van der Waals surface area contributed by atoms with Crippen molar-refractivity contribution in [2.45, 2.75) is 0 Å². The van der Waals surface area contributed by atoms with Crippen LogP contribution >= 0.6 is 11.6 Å². The third kappa shape index (κ3) is 2.60. The van der Waals surface area contributed by atoms with Crippen molar-refractivity contribution >= 4 is 28.2 Å². The van der Waals surface area contributed by atoms with Crippen LogP contribution in [-0.2, 0) is 0 Å². The van der Waals surface area contributed by atoms with Gasteiger partial charge in [0.1, 0.15) is 6.07 Å². The van der Waals surface area contributed by atoms with Crippen molar-refractivity contribution in [1.29, 1.82) is 5.26 Å². The second-order valence-corrected chi connectivity index (χ2v) is 4.86. The number of para-hydroxylation sites is 1. The molecule has 0 aliphatic rings. The minimum absolute atomic E-state index is 0.305. The fraction of sp³-hybridized carbons (Fsp3) is 0. The van der Waals surface area contributed by atoms with Crippen LogP contribution in [0.3, 0.4) is 0 Å². The molecule has 2 aromatic carbocycles.